The zero-order valence-electron chi connectivity index (χ0n) is 12.4. The SMILES string of the molecule is N#Cc1ccc([C@H]2C[C@]23C(=O)Nc2ccc(OC(=O)O)cc23)cc1. The number of benzene rings is 2. The van der Waals surface area contributed by atoms with E-state index in [1.807, 2.05) is 12.1 Å². The number of rotatable bonds is 2. The first-order valence-electron chi connectivity index (χ1n) is 7.41. The summed E-state index contributed by atoms with van der Waals surface area (Å²) in [5, 5.41) is 20.5. The molecule has 0 bridgehead atoms. The van der Waals surface area contributed by atoms with Crippen LogP contribution in [-0.4, -0.2) is 17.2 Å². The van der Waals surface area contributed by atoms with Crippen molar-refractivity contribution in [2.24, 2.45) is 0 Å². The van der Waals surface area contributed by atoms with Gasteiger partial charge < -0.3 is 15.2 Å². The molecule has 0 aromatic heterocycles. The zero-order valence-corrected chi connectivity index (χ0v) is 12.4. The first-order valence-corrected chi connectivity index (χ1v) is 7.41. The Kier molecular flexibility index (Phi) is 2.87. The third-order valence-corrected chi connectivity index (χ3v) is 4.73. The van der Waals surface area contributed by atoms with E-state index in [9.17, 15) is 9.59 Å². The summed E-state index contributed by atoms with van der Waals surface area (Å²) in [7, 11) is 0. The normalized spacial score (nSPS) is 23.3. The molecule has 4 rings (SSSR count). The molecule has 2 N–H and O–H groups in total. The van der Waals surface area contributed by atoms with E-state index in [1.165, 1.54) is 6.07 Å². The van der Waals surface area contributed by atoms with Crippen molar-refractivity contribution < 1.29 is 19.4 Å². The molecule has 1 amide bonds. The van der Waals surface area contributed by atoms with Crippen molar-refractivity contribution in [2.45, 2.75) is 17.8 Å². The molecular formula is C18H12N2O4. The van der Waals surface area contributed by atoms with Crippen LogP contribution < -0.4 is 10.1 Å². The lowest BCUT2D eigenvalue weighted by atomic mass is 9.91. The highest BCUT2D eigenvalue weighted by atomic mass is 16.7. The number of carboxylic acid groups (broad SMARTS) is 1. The number of carbonyl (C=O) groups is 2. The number of nitrogens with zero attached hydrogens (tertiary/aromatic N) is 1. The third kappa shape index (κ3) is 1.95. The minimum atomic E-state index is -1.39. The van der Waals surface area contributed by atoms with Crippen molar-refractivity contribution in [1.82, 2.24) is 0 Å². The van der Waals surface area contributed by atoms with Gasteiger partial charge in [-0.3, -0.25) is 4.79 Å². The van der Waals surface area contributed by atoms with Crippen LogP contribution in [0.1, 0.15) is 29.0 Å². The van der Waals surface area contributed by atoms with E-state index >= 15 is 0 Å². The van der Waals surface area contributed by atoms with Gasteiger partial charge in [0, 0.05) is 11.6 Å². The van der Waals surface area contributed by atoms with Crippen LogP contribution in [0, 0.1) is 11.3 Å². The molecule has 2 aromatic rings. The molecule has 1 fully saturated rings. The average Bonchev–Trinajstić information content (AvgIpc) is 3.26. The summed E-state index contributed by atoms with van der Waals surface area (Å²) in [5.41, 5.74) is 2.33. The topological polar surface area (TPSA) is 99.4 Å². The Morgan fingerprint density at radius 3 is 2.71 bits per heavy atom. The maximum absolute atomic E-state index is 12.5. The quantitative estimate of drug-likeness (QED) is 0.654. The fourth-order valence-electron chi connectivity index (χ4n) is 3.53. The van der Waals surface area contributed by atoms with E-state index in [0.717, 1.165) is 11.1 Å². The predicted octanol–water partition coefficient (Wildman–Crippen LogP) is 2.99. The number of fused-ring (bicyclic) bond motifs is 2. The van der Waals surface area contributed by atoms with Crippen LogP contribution in [0.15, 0.2) is 42.5 Å². The fourth-order valence-corrected chi connectivity index (χ4v) is 3.53. The zero-order chi connectivity index (χ0) is 16.9. The Hall–Kier alpha value is -3.33. The number of anilines is 1. The van der Waals surface area contributed by atoms with E-state index < -0.39 is 11.6 Å². The second-order valence-electron chi connectivity index (χ2n) is 5.99. The van der Waals surface area contributed by atoms with Crippen molar-refractivity contribution >= 4 is 17.7 Å². The van der Waals surface area contributed by atoms with E-state index in [4.69, 9.17) is 15.1 Å². The van der Waals surface area contributed by atoms with Crippen molar-refractivity contribution in [3.8, 4) is 11.8 Å². The van der Waals surface area contributed by atoms with E-state index in [-0.39, 0.29) is 17.6 Å². The van der Waals surface area contributed by atoms with Crippen LogP contribution in [0.4, 0.5) is 10.5 Å². The molecule has 6 heteroatoms. The van der Waals surface area contributed by atoms with Crippen molar-refractivity contribution in [2.75, 3.05) is 5.32 Å². The molecule has 0 saturated heterocycles. The van der Waals surface area contributed by atoms with Gasteiger partial charge in [-0.1, -0.05) is 12.1 Å². The molecule has 0 radical (unpaired) electrons. The van der Waals surface area contributed by atoms with Crippen LogP contribution in [0.25, 0.3) is 0 Å². The number of hydrogen-bond acceptors (Lipinski definition) is 4. The highest BCUT2D eigenvalue weighted by molar-refractivity contribution is 6.10. The van der Waals surface area contributed by atoms with Gasteiger partial charge in [0.15, 0.2) is 0 Å². The predicted molar refractivity (Wildman–Crippen MR) is 83.9 cm³/mol. The van der Waals surface area contributed by atoms with Crippen LogP contribution in [0.5, 0.6) is 5.75 Å². The van der Waals surface area contributed by atoms with Crippen LogP contribution in [0.3, 0.4) is 0 Å². The third-order valence-electron chi connectivity index (χ3n) is 4.73. The first kappa shape index (κ1) is 14.3. The van der Waals surface area contributed by atoms with E-state index in [1.54, 1.807) is 24.3 Å². The molecule has 1 spiro atoms. The smallest absolute Gasteiger partial charge is 0.449 e. The molecule has 1 aliphatic carbocycles. The summed E-state index contributed by atoms with van der Waals surface area (Å²) in [4.78, 5) is 23.3. The Bertz CT molecular complexity index is 914. The van der Waals surface area contributed by atoms with Crippen molar-refractivity contribution in [3.63, 3.8) is 0 Å². The average molecular weight is 320 g/mol. The maximum Gasteiger partial charge on any atom is 0.511 e. The lowest BCUT2D eigenvalue weighted by Gasteiger charge is -2.10. The number of nitriles is 1. The molecule has 1 saturated carbocycles. The monoisotopic (exact) mass is 320 g/mol. The second kappa shape index (κ2) is 4.83. The van der Waals surface area contributed by atoms with Gasteiger partial charge in [0.25, 0.3) is 0 Å². The van der Waals surface area contributed by atoms with Gasteiger partial charge in [-0.05, 0) is 47.9 Å². The van der Waals surface area contributed by atoms with Gasteiger partial charge in [0.05, 0.1) is 17.0 Å². The van der Waals surface area contributed by atoms with E-state index in [2.05, 4.69) is 11.4 Å². The molecule has 6 nitrogen and oxygen atoms in total. The molecule has 1 heterocycles. The Labute approximate surface area is 137 Å². The minimum Gasteiger partial charge on any atom is -0.449 e. The highest BCUT2D eigenvalue weighted by Gasteiger charge is 2.65. The minimum absolute atomic E-state index is 0.00608. The molecule has 24 heavy (non-hydrogen) atoms. The number of carbonyl (C=O) groups excluding carboxylic acids is 1. The van der Waals surface area contributed by atoms with Gasteiger partial charge in [-0.2, -0.15) is 5.26 Å². The summed E-state index contributed by atoms with van der Waals surface area (Å²) >= 11 is 0. The van der Waals surface area contributed by atoms with Crippen LogP contribution in [0.2, 0.25) is 0 Å². The van der Waals surface area contributed by atoms with Crippen molar-refractivity contribution in [3.05, 3.63) is 59.2 Å². The summed E-state index contributed by atoms with van der Waals surface area (Å²) < 4.78 is 4.71. The molecular weight excluding hydrogens is 308 g/mol. The highest BCUT2D eigenvalue weighted by Crippen LogP contribution is 2.65. The van der Waals surface area contributed by atoms with E-state index in [0.29, 0.717) is 17.7 Å². The molecule has 1 aliphatic heterocycles. The Morgan fingerprint density at radius 1 is 1.29 bits per heavy atom. The van der Waals surface area contributed by atoms with Crippen LogP contribution >= 0.6 is 0 Å². The number of amides is 1. The summed E-state index contributed by atoms with van der Waals surface area (Å²) in [6.07, 6.45) is -0.741. The Morgan fingerprint density at radius 2 is 2.04 bits per heavy atom. The molecule has 2 aromatic carbocycles. The van der Waals surface area contributed by atoms with Crippen molar-refractivity contribution in [1.29, 1.82) is 5.26 Å². The fraction of sp³-hybridized carbons (Fsp3) is 0.167. The lowest BCUT2D eigenvalue weighted by molar-refractivity contribution is -0.118. The van der Waals surface area contributed by atoms with Gasteiger partial charge in [0.1, 0.15) is 5.75 Å². The number of ether oxygens (including phenoxy) is 1. The number of nitrogens with one attached hydrogen (secondary N) is 1. The number of hydrogen-bond donors (Lipinski definition) is 2. The summed E-state index contributed by atoms with van der Waals surface area (Å²) in [6, 6.07) is 14.1. The Balaban J connectivity index is 1.71. The molecule has 2 aliphatic rings. The first-order chi connectivity index (χ1) is 11.5. The molecule has 0 unspecified atom stereocenters. The van der Waals surface area contributed by atoms with Gasteiger partial charge in [0.2, 0.25) is 5.91 Å². The molecule has 118 valence electrons. The summed E-state index contributed by atoms with van der Waals surface area (Å²) in [5.74, 6) is 0.119. The largest absolute Gasteiger partial charge is 0.511 e. The summed E-state index contributed by atoms with van der Waals surface area (Å²) in [6.45, 7) is 0. The van der Waals surface area contributed by atoms with Gasteiger partial charge in [-0.15, -0.1) is 0 Å². The lowest BCUT2D eigenvalue weighted by Crippen LogP contribution is -2.21. The molecule has 2 atom stereocenters. The standard InChI is InChI=1S/C18H12N2O4/c19-9-10-1-3-11(4-2-10)14-8-18(14)13-7-12(24-17(22)23)5-6-15(13)20-16(18)21/h1-7,14H,8H2,(H,20,21)(H,22,23)/t14-,18-/m1/s1. The second-order valence-corrected chi connectivity index (χ2v) is 5.99. The van der Waals surface area contributed by atoms with Gasteiger partial charge in [-0.25, -0.2) is 4.79 Å². The van der Waals surface area contributed by atoms with Gasteiger partial charge >= 0.3 is 6.16 Å². The maximum atomic E-state index is 12.5. The van der Waals surface area contributed by atoms with Crippen LogP contribution in [-0.2, 0) is 10.2 Å².